The van der Waals surface area contributed by atoms with Crippen molar-refractivity contribution in [3.8, 4) is 0 Å². The minimum Gasteiger partial charge on any atom is -0.432 e. The molecule has 0 atom stereocenters. The van der Waals surface area contributed by atoms with E-state index in [1.165, 1.54) is 0 Å². The molecule has 0 radical (unpaired) electrons. The van der Waals surface area contributed by atoms with Gasteiger partial charge in [-0.3, -0.25) is 0 Å². The summed E-state index contributed by atoms with van der Waals surface area (Å²) in [5, 5.41) is 0. The summed E-state index contributed by atoms with van der Waals surface area (Å²) in [5.41, 5.74) is 1.04. The largest absolute Gasteiger partial charge is 0.432 e. The van der Waals surface area contributed by atoms with Gasteiger partial charge in [0, 0.05) is 5.54 Å². The second kappa shape index (κ2) is 4.91. The minimum atomic E-state index is -1.15. The zero-order chi connectivity index (χ0) is 7.28. The Morgan fingerprint density at radius 1 is 1.56 bits per heavy atom. The van der Waals surface area contributed by atoms with Gasteiger partial charge in [0.15, 0.2) is 0 Å². The monoisotopic (exact) mass is 188 g/mol. The summed E-state index contributed by atoms with van der Waals surface area (Å²) in [4.78, 5) is 9.15. The molecule has 0 saturated heterocycles. The molecule has 0 spiro atoms. The third-order valence-electron chi connectivity index (χ3n) is 0.414. The molecular formula is C4H3Cl3O2. The van der Waals surface area contributed by atoms with Crippen molar-refractivity contribution in [2.75, 3.05) is 0 Å². The normalized spacial score (nSPS) is 10.7. The Hall–Kier alpha value is 0.0800. The van der Waals surface area contributed by atoms with Gasteiger partial charge in [-0.05, 0) is 0 Å². The van der Waals surface area contributed by atoms with Gasteiger partial charge >= 0.3 is 5.97 Å². The smallest absolute Gasteiger partial charge is 0.344 e. The molecule has 0 fully saturated rings. The third-order valence-corrected chi connectivity index (χ3v) is 0.873. The number of hydrogen-bond acceptors (Lipinski definition) is 2. The van der Waals surface area contributed by atoms with Crippen LogP contribution in [-0.2, 0) is 9.53 Å². The maximum absolute atomic E-state index is 10.3. The Morgan fingerprint density at radius 3 is 2.44 bits per heavy atom. The standard InChI is InChI=1S/C4H3Cl3O2/c5-1-2-9-4(8)3(6)7/h1-3H. The van der Waals surface area contributed by atoms with Crippen LogP contribution in [0.2, 0.25) is 0 Å². The number of esters is 1. The molecule has 0 aromatic rings. The van der Waals surface area contributed by atoms with Crippen molar-refractivity contribution >= 4 is 40.8 Å². The number of alkyl halides is 2. The van der Waals surface area contributed by atoms with Crippen LogP contribution >= 0.6 is 34.8 Å². The molecular weight excluding hydrogens is 186 g/mol. The second-order valence-corrected chi connectivity index (χ2v) is 2.35. The molecule has 5 heteroatoms. The van der Waals surface area contributed by atoms with Crippen molar-refractivity contribution in [2.24, 2.45) is 0 Å². The first kappa shape index (κ1) is 9.08. The van der Waals surface area contributed by atoms with Gasteiger partial charge in [-0.2, -0.15) is 0 Å². The van der Waals surface area contributed by atoms with Crippen LogP contribution in [0, 0.1) is 0 Å². The minimum absolute atomic E-state index is 0.741. The average molecular weight is 189 g/mol. The van der Waals surface area contributed by atoms with Crippen LogP contribution in [0.4, 0.5) is 0 Å². The molecule has 0 aliphatic carbocycles. The van der Waals surface area contributed by atoms with Gasteiger partial charge in [0.2, 0.25) is 4.84 Å². The summed E-state index contributed by atoms with van der Waals surface area (Å²) in [6.45, 7) is 0. The summed E-state index contributed by atoms with van der Waals surface area (Å²) in [7, 11) is 0. The van der Waals surface area contributed by atoms with E-state index in [4.69, 9.17) is 34.8 Å². The molecule has 0 aromatic heterocycles. The second-order valence-electron chi connectivity index (χ2n) is 1.000. The summed E-state index contributed by atoms with van der Waals surface area (Å²) in [5.74, 6) is -0.741. The van der Waals surface area contributed by atoms with Crippen molar-refractivity contribution in [3.05, 3.63) is 11.8 Å². The summed E-state index contributed by atoms with van der Waals surface area (Å²) in [6.07, 6.45) is 0.988. The summed E-state index contributed by atoms with van der Waals surface area (Å²) >= 11 is 15.2. The first-order valence-electron chi connectivity index (χ1n) is 1.92. The molecule has 0 aromatic carbocycles. The summed E-state index contributed by atoms with van der Waals surface area (Å²) < 4.78 is 4.24. The first-order chi connectivity index (χ1) is 4.18. The highest BCUT2D eigenvalue weighted by Gasteiger charge is 2.10. The first-order valence-corrected chi connectivity index (χ1v) is 3.23. The van der Waals surface area contributed by atoms with E-state index >= 15 is 0 Å². The fourth-order valence-electron chi connectivity index (χ4n) is 0.144. The predicted molar refractivity (Wildman–Crippen MR) is 36.6 cm³/mol. The van der Waals surface area contributed by atoms with E-state index in [1.807, 2.05) is 0 Å². The quantitative estimate of drug-likeness (QED) is 0.377. The van der Waals surface area contributed by atoms with Gasteiger partial charge < -0.3 is 4.74 Å². The fourth-order valence-corrected chi connectivity index (χ4v) is 0.299. The molecule has 0 amide bonds. The number of hydrogen-bond donors (Lipinski definition) is 0. The third kappa shape index (κ3) is 4.58. The Labute approximate surface area is 67.3 Å². The molecule has 0 heterocycles. The lowest BCUT2D eigenvalue weighted by Crippen LogP contribution is -2.08. The zero-order valence-electron chi connectivity index (χ0n) is 4.18. The number of halogens is 3. The number of carbonyl (C=O) groups is 1. The molecule has 0 aliphatic heterocycles. The lowest BCUT2D eigenvalue weighted by molar-refractivity contribution is -0.135. The van der Waals surface area contributed by atoms with E-state index in [0.717, 1.165) is 11.8 Å². The molecule has 0 bridgehead atoms. The molecule has 52 valence electrons. The van der Waals surface area contributed by atoms with Gasteiger partial charge in [-0.1, -0.05) is 34.8 Å². The van der Waals surface area contributed by atoms with E-state index in [2.05, 4.69) is 4.74 Å². The fraction of sp³-hybridized carbons (Fsp3) is 0.250. The van der Waals surface area contributed by atoms with Gasteiger partial charge in [-0.15, -0.1) is 0 Å². The molecule has 0 N–H and O–H groups in total. The van der Waals surface area contributed by atoms with Crippen molar-refractivity contribution in [3.63, 3.8) is 0 Å². The van der Waals surface area contributed by atoms with Crippen molar-refractivity contribution in [2.45, 2.75) is 4.84 Å². The summed E-state index contributed by atoms with van der Waals surface area (Å²) in [6, 6.07) is 0. The van der Waals surface area contributed by atoms with Crippen LogP contribution in [0.3, 0.4) is 0 Å². The van der Waals surface area contributed by atoms with Crippen molar-refractivity contribution in [1.29, 1.82) is 0 Å². The van der Waals surface area contributed by atoms with Crippen molar-refractivity contribution < 1.29 is 9.53 Å². The number of rotatable bonds is 2. The molecule has 0 rings (SSSR count). The predicted octanol–water partition coefficient (Wildman–Crippen LogP) is 2.04. The van der Waals surface area contributed by atoms with E-state index in [-0.39, 0.29) is 0 Å². The SMILES string of the molecule is O=C(OC=CCl)C(Cl)Cl. The highest BCUT2D eigenvalue weighted by Crippen LogP contribution is 2.03. The van der Waals surface area contributed by atoms with Gasteiger partial charge in [-0.25, -0.2) is 4.79 Å². The average Bonchev–Trinajstić information content (AvgIpc) is 1.82. The van der Waals surface area contributed by atoms with Crippen molar-refractivity contribution in [1.82, 2.24) is 0 Å². The topological polar surface area (TPSA) is 26.3 Å². The molecule has 0 saturated carbocycles. The van der Waals surface area contributed by atoms with Gasteiger partial charge in [0.25, 0.3) is 0 Å². The molecule has 9 heavy (non-hydrogen) atoms. The highest BCUT2D eigenvalue weighted by atomic mass is 35.5. The van der Waals surface area contributed by atoms with E-state index < -0.39 is 10.8 Å². The molecule has 0 unspecified atom stereocenters. The zero-order valence-corrected chi connectivity index (χ0v) is 6.45. The Kier molecular flexibility index (Phi) is 4.96. The van der Waals surface area contributed by atoms with Crippen LogP contribution in [0.15, 0.2) is 11.8 Å². The van der Waals surface area contributed by atoms with E-state index in [0.29, 0.717) is 0 Å². The lowest BCUT2D eigenvalue weighted by Gasteiger charge is -1.95. The maximum atomic E-state index is 10.3. The molecule has 2 nitrogen and oxygen atoms in total. The lowest BCUT2D eigenvalue weighted by atomic mass is 10.8. The van der Waals surface area contributed by atoms with Gasteiger partial charge in [0.1, 0.15) is 6.26 Å². The van der Waals surface area contributed by atoms with Gasteiger partial charge in [0.05, 0.1) is 0 Å². The Bertz CT molecular complexity index is 121. The van der Waals surface area contributed by atoms with Crippen LogP contribution in [-0.4, -0.2) is 10.8 Å². The maximum Gasteiger partial charge on any atom is 0.344 e. The van der Waals surface area contributed by atoms with Crippen LogP contribution in [0.25, 0.3) is 0 Å². The van der Waals surface area contributed by atoms with E-state index in [9.17, 15) is 4.79 Å². The number of ether oxygens (including phenoxy) is 1. The highest BCUT2D eigenvalue weighted by molar-refractivity contribution is 6.52. The number of carbonyl (C=O) groups excluding carboxylic acids is 1. The van der Waals surface area contributed by atoms with Crippen LogP contribution in [0.5, 0.6) is 0 Å². The van der Waals surface area contributed by atoms with Crippen LogP contribution < -0.4 is 0 Å². The Balaban J connectivity index is 3.51. The van der Waals surface area contributed by atoms with E-state index in [1.54, 1.807) is 0 Å². The molecule has 0 aliphatic rings. The van der Waals surface area contributed by atoms with Crippen LogP contribution in [0.1, 0.15) is 0 Å². The Morgan fingerprint density at radius 2 is 2.11 bits per heavy atom.